The van der Waals surface area contributed by atoms with Crippen LogP contribution in [0.4, 0.5) is 5.69 Å². The second-order valence-corrected chi connectivity index (χ2v) is 7.19. The first-order valence-corrected chi connectivity index (χ1v) is 9.13. The van der Waals surface area contributed by atoms with Gasteiger partial charge in [-0.05, 0) is 45.5 Å². The maximum Gasteiger partial charge on any atom is 0.243 e. The van der Waals surface area contributed by atoms with Gasteiger partial charge >= 0.3 is 0 Å². The zero-order valence-corrected chi connectivity index (χ0v) is 16.8. The number of benzene rings is 2. The van der Waals surface area contributed by atoms with E-state index in [0.717, 1.165) is 16.8 Å². The van der Waals surface area contributed by atoms with E-state index >= 15 is 0 Å². The SMILES string of the molecule is Cc1ccc(CN(C)C(C)C(=O)N(C)CC(=O)Nc2ccc(C)cc2)cc1. The van der Waals surface area contributed by atoms with Gasteiger partial charge in [0.2, 0.25) is 11.8 Å². The quantitative estimate of drug-likeness (QED) is 0.817. The maximum absolute atomic E-state index is 12.7. The van der Waals surface area contributed by atoms with Crippen LogP contribution in [0.5, 0.6) is 0 Å². The Labute approximate surface area is 162 Å². The molecule has 0 aromatic heterocycles. The van der Waals surface area contributed by atoms with Gasteiger partial charge < -0.3 is 10.2 Å². The summed E-state index contributed by atoms with van der Waals surface area (Å²) in [5.74, 6) is -0.285. The highest BCUT2D eigenvalue weighted by atomic mass is 16.2. The van der Waals surface area contributed by atoms with Gasteiger partial charge in [-0.25, -0.2) is 0 Å². The molecule has 0 saturated heterocycles. The number of anilines is 1. The summed E-state index contributed by atoms with van der Waals surface area (Å²) in [5, 5.41) is 2.82. The summed E-state index contributed by atoms with van der Waals surface area (Å²) in [7, 11) is 3.58. The predicted molar refractivity (Wildman–Crippen MR) is 110 cm³/mol. The average Bonchev–Trinajstić information content (AvgIpc) is 2.64. The van der Waals surface area contributed by atoms with Crippen LogP contribution in [0.2, 0.25) is 0 Å². The van der Waals surface area contributed by atoms with Crippen LogP contribution in [0, 0.1) is 13.8 Å². The topological polar surface area (TPSA) is 52.7 Å². The van der Waals surface area contributed by atoms with Crippen LogP contribution in [0.25, 0.3) is 0 Å². The van der Waals surface area contributed by atoms with E-state index in [9.17, 15) is 9.59 Å². The van der Waals surface area contributed by atoms with Crippen LogP contribution in [-0.4, -0.2) is 48.3 Å². The number of carbonyl (C=O) groups is 2. The van der Waals surface area contributed by atoms with Crippen molar-refractivity contribution in [3.05, 3.63) is 65.2 Å². The third-order valence-corrected chi connectivity index (χ3v) is 4.66. The fraction of sp³-hybridized carbons (Fsp3) is 0.364. The van der Waals surface area contributed by atoms with Gasteiger partial charge in [0, 0.05) is 19.3 Å². The van der Waals surface area contributed by atoms with Crippen LogP contribution in [-0.2, 0) is 16.1 Å². The Bertz CT molecular complexity index is 769. The second-order valence-electron chi connectivity index (χ2n) is 7.19. The second kappa shape index (κ2) is 9.33. The summed E-state index contributed by atoms with van der Waals surface area (Å²) in [6, 6.07) is 15.5. The van der Waals surface area contributed by atoms with Crippen molar-refractivity contribution in [1.29, 1.82) is 0 Å². The molecule has 0 fully saturated rings. The number of amides is 2. The molecule has 0 bridgehead atoms. The van der Waals surface area contributed by atoms with E-state index in [-0.39, 0.29) is 24.4 Å². The first-order valence-electron chi connectivity index (χ1n) is 9.13. The summed E-state index contributed by atoms with van der Waals surface area (Å²) in [4.78, 5) is 28.3. The highest BCUT2D eigenvalue weighted by Crippen LogP contribution is 2.11. The number of aryl methyl sites for hydroxylation is 2. The first kappa shape index (κ1) is 20.6. The maximum atomic E-state index is 12.7. The molecule has 0 saturated carbocycles. The molecule has 0 aliphatic carbocycles. The highest BCUT2D eigenvalue weighted by Gasteiger charge is 2.23. The molecule has 1 atom stereocenters. The molecule has 0 aliphatic heterocycles. The number of nitrogens with zero attached hydrogens (tertiary/aromatic N) is 2. The van der Waals surface area contributed by atoms with Gasteiger partial charge in [0.25, 0.3) is 0 Å². The lowest BCUT2D eigenvalue weighted by Crippen LogP contribution is -2.46. The average molecular weight is 367 g/mol. The first-order chi connectivity index (χ1) is 12.8. The van der Waals surface area contributed by atoms with Gasteiger partial charge in [-0.2, -0.15) is 0 Å². The van der Waals surface area contributed by atoms with E-state index in [0.29, 0.717) is 6.54 Å². The molecule has 1 N–H and O–H groups in total. The van der Waals surface area contributed by atoms with Crippen molar-refractivity contribution in [1.82, 2.24) is 9.80 Å². The van der Waals surface area contributed by atoms with Gasteiger partial charge in [-0.3, -0.25) is 14.5 Å². The molecular formula is C22H29N3O2. The van der Waals surface area contributed by atoms with E-state index in [4.69, 9.17) is 0 Å². The molecule has 27 heavy (non-hydrogen) atoms. The highest BCUT2D eigenvalue weighted by molar-refractivity contribution is 5.95. The lowest BCUT2D eigenvalue weighted by molar-refractivity contribution is -0.137. The Hall–Kier alpha value is -2.66. The van der Waals surface area contributed by atoms with E-state index in [1.807, 2.05) is 50.1 Å². The lowest BCUT2D eigenvalue weighted by atomic mass is 10.1. The minimum Gasteiger partial charge on any atom is -0.335 e. The molecule has 144 valence electrons. The number of likely N-dealkylation sites (N-methyl/N-ethyl adjacent to an activating group) is 2. The molecule has 5 heteroatoms. The largest absolute Gasteiger partial charge is 0.335 e. The Morgan fingerprint density at radius 3 is 2.00 bits per heavy atom. The van der Waals surface area contributed by atoms with E-state index in [1.165, 1.54) is 10.5 Å². The standard InChI is InChI=1S/C22H29N3O2/c1-16-6-10-19(11-7-16)14-24(4)18(3)22(27)25(5)15-21(26)23-20-12-8-17(2)9-13-20/h6-13,18H,14-15H2,1-5H3,(H,23,26). The van der Waals surface area contributed by atoms with Gasteiger partial charge in [0.05, 0.1) is 12.6 Å². The van der Waals surface area contributed by atoms with Gasteiger partial charge in [0.1, 0.15) is 0 Å². The Morgan fingerprint density at radius 2 is 1.44 bits per heavy atom. The zero-order valence-electron chi connectivity index (χ0n) is 16.8. The Morgan fingerprint density at radius 1 is 0.926 bits per heavy atom. The normalized spacial score (nSPS) is 11.9. The number of hydrogen-bond donors (Lipinski definition) is 1. The lowest BCUT2D eigenvalue weighted by Gasteiger charge is -2.28. The van der Waals surface area contributed by atoms with Crippen molar-refractivity contribution in [3.8, 4) is 0 Å². The van der Waals surface area contributed by atoms with E-state index < -0.39 is 0 Å². The van der Waals surface area contributed by atoms with Crippen molar-refractivity contribution in [2.45, 2.75) is 33.4 Å². The molecule has 5 nitrogen and oxygen atoms in total. The molecule has 0 spiro atoms. The molecule has 1 unspecified atom stereocenters. The van der Waals surface area contributed by atoms with Crippen molar-refractivity contribution < 1.29 is 9.59 Å². The Balaban J connectivity index is 1.87. The summed E-state index contributed by atoms with van der Waals surface area (Å²) in [5.41, 5.74) is 4.23. The molecule has 2 amide bonds. The van der Waals surface area contributed by atoms with Crippen LogP contribution < -0.4 is 5.32 Å². The molecule has 0 radical (unpaired) electrons. The smallest absolute Gasteiger partial charge is 0.243 e. The van der Waals surface area contributed by atoms with Gasteiger partial charge in [0.15, 0.2) is 0 Å². The van der Waals surface area contributed by atoms with Crippen molar-refractivity contribution in [3.63, 3.8) is 0 Å². The van der Waals surface area contributed by atoms with Crippen LogP contribution in [0.15, 0.2) is 48.5 Å². The minimum atomic E-state index is -0.316. The fourth-order valence-corrected chi connectivity index (χ4v) is 2.76. The number of rotatable bonds is 7. The predicted octanol–water partition coefficient (Wildman–Crippen LogP) is 3.22. The number of carbonyl (C=O) groups excluding carboxylic acids is 2. The van der Waals surface area contributed by atoms with Gasteiger partial charge in [-0.15, -0.1) is 0 Å². The zero-order chi connectivity index (χ0) is 20.0. The van der Waals surface area contributed by atoms with Crippen molar-refractivity contribution >= 4 is 17.5 Å². The van der Waals surface area contributed by atoms with Crippen LogP contribution in [0.1, 0.15) is 23.6 Å². The summed E-state index contributed by atoms with van der Waals surface area (Å²) in [6.07, 6.45) is 0. The number of hydrogen-bond acceptors (Lipinski definition) is 3. The van der Waals surface area contributed by atoms with Crippen molar-refractivity contribution in [2.75, 3.05) is 26.0 Å². The molecule has 2 aromatic carbocycles. The molecular weight excluding hydrogens is 338 g/mol. The number of nitrogens with one attached hydrogen (secondary N) is 1. The summed E-state index contributed by atoms with van der Waals surface area (Å²) in [6.45, 7) is 6.61. The van der Waals surface area contributed by atoms with Crippen LogP contribution in [0.3, 0.4) is 0 Å². The molecule has 2 rings (SSSR count). The molecule has 0 heterocycles. The van der Waals surface area contributed by atoms with E-state index in [1.54, 1.807) is 7.05 Å². The Kier molecular flexibility index (Phi) is 7.13. The minimum absolute atomic E-state index is 0.0232. The summed E-state index contributed by atoms with van der Waals surface area (Å²) < 4.78 is 0. The molecule has 0 aliphatic rings. The van der Waals surface area contributed by atoms with E-state index in [2.05, 4.69) is 36.5 Å². The van der Waals surface area contributed by atoms with Crippen molar-refractivity contribution in [2.24, 2.45) is 0 Å². The fourth-order valence-electron chi connectivity index (χ4n) is 2.76. The monoisotopic (exact) mass is 367 g/mol. The van der Waals surface area contributed by atoms with Crippen LogP contribution >= 0.6 is 0 Å². The van der Waals surface area contributed by atoms with Gasteiger partial charge in [-0.1, -0.05) is 47.5 Å². The molecule has 2 aromatic rings. The third kappa shape index (κ3) is 6.22. The summed E-state index contributed by atoms with van der Waals surface area (Å²) >= 11 is 0. The third-order valence-electron chi connectivity index (χ3n) is 4.66.